The number of carbonyl (C=O) groups is 3. The fourth-order valence-corrected chi connectivity index (χ4v) is 11.6. The van der Waals surface area contributed by atoms with Gasteiger partial charge in [-0.15, -0.1) is 0 Å². The van der Waals surface area contributed by atoms with Gasteiger partial charge in [-0.3, -0.25) is 14.5 Å². The van der Waals surface area contributed by atoms with Crippen LogP contribution in [0, 0.1) is 0 Å². The summed E-state index contributed by atoms with van der Waals surface area (Å²) in [5, 5.41) is 10.0. The molecule has 0 spiro atoms. The lowest BCUT2D eigenvalue weighted by Gasteiger charge is -2.46. The number of urea groups is 1. The second-order valence-corrected chi connectivity index (χ2v) is 22.3. The van der Waals surface area contributed by atoms with Gasteiger partial charge in [0.1, 0.15) is 18.5 Å². The van der Waals surface area contributed by atoms with Gasteiger partial charge in [-0.05, 0) is 61.9 Å². The minimum atomic E-state index is -0.307. The molecule has 0 radical (unpaired) electrons. The first kappa shape index (κ1) is 69.6. The zero-order valence-electron chi connectivity index (χ0n) is 49.2. The van der Waals surface area contributed by atoms with Gasteiger partial charge in [0, 0.05) is 66.9 Å². The second-order valence-electron chi connectivity index (χ2n) is 20.5. The summed E-state index contributed by atoms with van der Waals surface area (Å²) in [6, 6.07) is 15.1. The highest BCUT2D eigenvalue weighted by atomic mass is 35.5. The Hall–Kier alpha value is -3.54. The number of anilines is 1. The molecule has 1 aromatic carbocycles. The number of ether oxygens (including phenoxy) is 14. The maximum Gasteiger partial charge on any atom is 0.315 e. The minimum absolute atomic E-state index is 0.0373. The molecule has 6 rings (SSSR count). The number of hydrogen-bond acceptors (Lipinski definition) is 21. The first-order chi connectivity index (χ1) is 41.4. The smallest absolute Gasteiger partial charge is 0.315 e. The summed E-state index contributed by atoms with van der Waals surface area (Å²) in [7, 11) is 0. The van der Waals surface area contributed by atoms with E-state index in [4.69, 9.17) is 77.9 Å². The summed E-state index contributed by atoms with van der Waals surface area (Å²) in [6.07, 6.45) is 8.02. The highest BCUT2D eigenvalue weighted by Gasteiger charge is 2.42. The number of nitrogens with zero attached hydrogens (tertiary/aromatic N) is 3. The number of unbranched alkanes of at least 4 members (excludes halogenated alkanes) is 1. The van der Waals surface area contributed by atoms with E-state index in [9.17, 15) is 14.4 Å². The molecule has 5 atom stereocenters. The van der Waals surface area contributed by atoms with Crippen LogP contribution >= 0.6 is 23.4 Å². The van der Waals surface area contributed by atoms with Gasteiger partial charge in [0.15, 0.2) is 0 Å². The Morgan fingerprint density at radius 3 is 1.69 bits per heavy atom. The number of esters is 1. The van der Waals surface area contributed by atoms with E-state index in [0.29, 0.717) is 189 Å². The van der Waals surface area contributed by atoms with E-state index >= 15 is 0 Å². The number of rotatable bonds is 50. The Balaban J connectivity index is 0.594. The molecule has 0 unspecified atom stereocenters. The van der Waals surface area contributed by atoms with Crippen molar-refractivity contribution in [3.8, 4) is 0 Å². The Morgan fingerprint density at radius 1 is 0.643 bits per heavy atom. The van der Waals surface area contributed by atoms with Crippen molar-refractivity contribution in [1.29, 1.82) is 0 Å². The number of piperidine rings is 1. The molecule has 0 aliphatic carbocycles. The monoisotopic (exact) mass is 1230 g/mol. The van der Waals surface area contributed by atoms with Crippen LogP contribution in [-0.4, -0.2) is 267 Å². The zero-order valence-corrected chi connectivity index (χ0v) is 50.8. The standard InChI is InChI=1S/C59H95ClN6O17S/c60-49-10-8-48(9-11-49)43-51-45-82-52(44-66(51)50-12-17-65(18-13-50)55-6-3-4-15-61-55)46-83-57(68)14-19-70-21-23-72-25-27-74-29-31-76-33-35-78-37-39-80-41-42-81-40-38-79-36-34-77-32-30-75-28-26-73-24-22-71-20-16-62-56(67)7-2-1-5-54-58-53(47-84-54)63-59(69)64-58/h3-4,6,8-11,15,50-54,58H,1-2,5,7,12-14,16-47H2,(H,62,67)(H2,63,64,69)/t51-,52+,53-,54-,58-/m0/s1. The number of amides is 3. The molecule has 4 aliphatic rings. The number of carbonyl (C=O) groups excluding carboxylic acids is 3. The van der Waals surface area contributed by atoms with Gasteiger partial charge in [-0.2, -0.15) is 11.8 Å². The van der Waals surface area contributed by atoms with Gasteiger partial charge >= 0.3 is 12.0 Å². The third-order valence-corrected chi connectivity index (χ3v) is 16.1. The maximum absolute atomic E-state index is 12.6. The third-order valence-electron chi connectivity index (χ3n) is 14.3. The predicted octanol–water partition coefficient (Wildman–Crippen LogP) is 3.99. The largest absolute Gasteiger partial charge is 0.463 e. The number of hydrogen-bond donors (Lipinski definition) is 3. The lowest BCUT2D eigenvalue weighted by atomic mass is 9.96. The normalized spacial score (nSPS) is 20.0. The van der Waals surface area contributed by atoms with Crippen LogP contribution in [-0.2, 0) is 82.3 Å². The molecular formula is C59H95ClN6O17S. The molecule has 476 valence electrons. The maximum atomic E-state index is 12.6. The van der Waals surface area contributed by atoms with E-state index in [2.05, 4.69) is 48.9 Å². The van der Waals surface area contributed by atoms with Crippen LogP contribution in [0.25, 0.3) is 0 Å². The van der Waals surface area contributed by atoms with Gasteiger partial charge < -0.3 is 87.2 Å². The Labute approximate surface area is 506 Å². The van der Waals surface area contributed by atoms with Crippen LogP contribution in [0.3, 0.4) is 0 Å². The number of aromatic nitrogens is 1. The van der Waals surface area contributed by atoms with Gasteiger partial charge in [0.05, 0.1) is 184 Å². The molecule has 0 saturated carbocycles. The first-order valence-corrected chi connectivity index (χ1v) is 31.7. The Kier molecular flexibility index (Phi) is 37.1. The fraction of sp³-hybridized carbons (Fsp3) is 0.763. The molecule has 4 saturated heterocycles. The highest BCUT2D eigenvalue weighted by Crippen LogP contribution is 2.33. The van der Waals surface area contributed by atoms with Crippen molar-refractivity contribution in [2.24, 2.45) is 0 Å². The molecule has 3 N–H and O–H groups in total. The molecular weight excluding hydrogens is 1130 g/mol. The quantitative estimate of drug-likeness (QED) is 0.0483. The number of thioether (sulfide) groups is 1. The van der Waals surface area contributed by atoms with Crippen LogP contribution in [0.2, 0.25) is 5.02 Å². The fourth-order valence-electron chi connectivity index (χ4n) is 9.92. The van der Waals surface area contributed by atoms with Crippen LogP contribution in [0.4, 0.5) is 10.6 Å². The lowest BCUT2D eigenvalue weighted by Crippen LogP contribution is -2.58. The summed E-state index contributed by atoms with van der Waals surface area (Å²) < 4.78 is 78.5. The summed E-state index contributed by atoms with van der Waals surface area (Å²) in [6.45, 7) is 14.6. The first-order valence-electron chi connectivity index (χ1n) is 30.2. The molecule has 4 aliphatic heterocycles. The number of nitrogens with one attached hydrogen (secondary N) is 3. The zero-order chi connectivity index (χ0) is 58.8. The molecule has 3 amide bonds. The average molecular weight is 1230 g/mol. The molecule has 2 aromatic rings. The number of fused-ring (bicyclic) bond motifs is 1. The summed E-state index contributed by atoms with van der Waals surface area (Å²) in [5.41, 5.74) is 1.22. The van der Waals surface area contributed by atoms with Crippen molar-refractivity contribution in [1.82, 2.24) is 25.8 Å². The van der Waals surface area contributed by atoms with Crippen molar-refractivity contribution in [2.75, 3.05) is 209 Å². The molecule has 5 heterocycles. The van der Waals surface area contributed by atoms with Gasteiger partial charge in [0.2, 0.25) is 5.91 Å². The van der Waals surface area contributed by atoms with Crippen molar-refractivity contribution in [2.45, 2.75) is 86.9 Å². The predicted molar refractivity (Wildman–Crippen MR) is 317 cm³/mol. The molecule has 25 heteroatoms. The average Bonchev–Trinajstić information content (AvgIpc) is 4.19. The van der Waals surface area contributed by atoms with Crippen LogP contribution in [0.15, 0.2) is 48.7 Å². The van der Waals surface area contributed by atoms with Crippen LogP contribution in [0.5, 0.6) is 0 Å². The molecule has 84 heavy (non-hydrogen) atoms. The Bertz CT molecular complexity index is 2010. The molecule has 23 nitrogen and oxygen atoms in total. The number of morpholine rings is 1. The van der Waals surface area contributed by atoms with Crippen LogP contribution in [0.1, 0.15) is 50.5 Å². The van der Waals surface area contributed by atoms with Gasteiger partial charge in [0.25, 0.3) is 0 Å². The van der Waals surface area contributed by atoms with Gasteiger partial charge in [-0.25, -0.2) is 9.78 Å². The van der Waals surface area contributed by atoms with Crippen LogP contribution < -0.4 is 20.9 Å². The highest BCUT2D eigenvalue weighted by molar-refractivity contribution is 8.00. The van der Waals surface area contributed by atoms with E-state index in [1.165, 1.54) is 5.56 Å². The van der Waals surface area contributed by atoms with E-state index in [-0.39, 0.29) is 61.8 Å². The van der Waals surface area contributed by atoms with E-state index in [0.717, 1.165) is 68.2 Å². The number of benzene rings is 1. The summed E-state index contributed by atoms with van der Waals surface area (Å²) >= 11 is 8.07. The van der Waals surface area contributed by atoms with Crippen molar-refractivity contribution >= 4 is 47.1 Å². The SMILES string of the molecule is O=C(CCCC[C@@H]1SC[C@@H]2NC(=O)N[C@@H]21)NCCOCCOCCOCCOCCOCCOCCOCCOCCOCCOCCOCCOCCC(=O)OC[C@H]1CN(C2CCN(c3ccccn3)CC2)[C@@H](Cc2ccc(Cl)cc2)CO1. The van der Waals surface area contributed by atoms with E-state index < -0.39 is 0 Å². The second kappa shape index (κ2) is 44.8. The summed E-state index contributed by atoms with van der Waals surface area (Å²) in [5.74, 6) is 1.70. The molecule has 0 bridgehead atoms. The third kappa shape index (κ3) is 30.4. The van der Waals surface area contributed by atoms with Crippen molar-refractivity contribution in [3.05, 3.63) is 59.2 Å². The lowest BCUT2D eigenvalue weighted by molar-refractivity contribution is -0.155. The van der Waals surface area contributed by atoms with Crippen molar-refractivity contribution < 1.29 is 80.7 Å². The number of halogens is 1. The minimum Gasteiger partial charge on any atom is -0.463 e. The van der Waals surface area contributed by atoms with E-state index in [1.54, 1.807) is 0 Å². The molecule has 1 aromatic heterocycles. The molecule has 4 fully saturated rings. The topological polar surface area (TPSA) is 236 Å². The van der Waals surface area contributed by atoms with Crippen molar-refractivity contribution in [3.63, 3.8) is 0 Å². The number of pyridine rings is 1. The summed E-state index contributed by atoms with van der Waals surface area (Å²) in [4.78, 5) is 45.7. The Morgan fingerprint density at radius 2 is 1.17 bits per heavy atom. The van der Waals surface area contributed by atoms with Gasteiger partial charge in [-0.1, -0.05) is 36.2 Å². The van der Waals surface area contributed by atoms with E-state index in [1.807, 2.05) is 42.2 Å².